The van der Waals surface area contributed by atoms with Crippen LogP contribution in [0.15, 0.2) is 0 Å². The van der Waals surface area contributed by atoms with E-state index in [0.717, 1.165) is 0 Å². The first-order valence-electron chi connectivity index (χ1n) is 4.42. The van der Waals surface area contributed by atoms with Crippen molar-refractivity contribution in [3.05, 3.63) is 0 Å². The standard InChI is InChI=1S/C3H18N12/c1-14(10-6-4-7-11-14)3-15(2)12-8-5-9-13-15/h4-13H,3H2,1-2H3/q+2. The number of hydrazine groups is 8. The molecule has 0 spiro atoms. The lowest BCUT2D eigenvalue weighted by Crippen LogP contribution is -2.89. The molecule has 0 aromatic rings. The quantitative estimate of drug-likeness (QED) is 0.207. The summed E-state index contributed by atoms with van der Waals surface area (Å²) in [5, 5.41) is 0. The summed E-state index contributed by atoms with van der Waals surface area (Å²) in [7, 11) is 3.88. The van der Waals surface area contributed by atoms with Gasteiger partial charge in [-0.05, 0) is 0 Å². The summed E-state index contributed by atoms with van der Waals surface area (Å²) < 4.78 is 0.652. The van der Waals surface area contributed by atoms with E-state index in [-0.39, 0.29) is 0 Å². The first-order valence-corrected chi connectivity index (χ1v) is 4.42. The summed E-state index contributed by atoms with van der Waals surface area (Å²) in [4.78, 5) is 0. The zero-order valence-electron chi connectivity index (χ0n) is 8.60. The molecule has 2 aliphatic heterocycles. The molecular weight excluding hydrogens is 204 g/mol. The number of hydrogen-bond donors (Lipinski definition) is 10. The number of rotatable bonds is 2. The van der Waals surface area contributed by atoms with Crippen LogP contribution < -0.4 is 55.3 Å². The van der Waals surface area contributed by atoms with Crippen molar-refractivity contribution in [2.75, 3.05) is 20.8 Å². The van der Waals surface area contributed by atoms with Crippen molar-refractivity contribution in [3.8, 4) is 0 Å². The van der Waals surface area contributed by atoms with Gasteiger partial charge in [-0.2, -0.15) is 11.1 Å². The lowest BCUT2D eigenvalue weighted by Gasteiger charge is -2.43. The van der Waals surface area contributed by atoms with Crippen LogP contribution in [-0.4, -0.2) is 30.2 Å². The predicted molar refractivity (Wildman–Crippen MR) is 48.6 cm³/mol. The Morgan fingerprint density at radius 2 is 0.933 bits per heavy atom. The van der Waals surface area contributed by atoms with Crippen molar-refractivity contribution in [3.63, 3.8) is 0 Å². The summed E-state index contributed by atoms with van der Waals surface area (Å²) in [6.45, 7) is 0.614. The Morgan fingerprint density at radius 1 is 0.600 bits per heavy atom. The lowest BCUT2D eigenvalue weighted by atomic mass is 10.8. The van der Waals surface area contributed by atoms with Gasteiger partial charge in [-0.3, -0.25) is 0 Å². The van der Waals surface area contributed by atoms with E-state index in [0.29, 0.717) is 16.1 Å². The van der Waals surface area contributed by atoms with E-state index in [1.165, 1.54) is 0 Å². The van der Waals surface area contributed by atoms with Crippen LogP contribution in [0.4, 0.5) is 0 Å². The van der Waals surface area contributed by atoms with Gasteiger partial charge in [-0.25, -0.2) is 0 Å². The maximum atomic E-state index is 3.00. The third-order valence-corrected chi connectivity index (χ3v) is 2.03. The van der Waals surface area contributed by atoms with E-state index < -0.39 is 0 Å². The molecule has 0 atom stereocenters. The highest BCUT2D eigenvalue weighted by Gasteiger charge is 2.39. The minimum Gasteiger partial charge on any atom is -0.158 e. The Hall–Kier alpha value is -0.480. The second-order valence-electron chi connectivity index (χ2n) is 3.72. The number of hydrogen-bond acceptors (Lipinski definition) is 10. The average Bonchev–Trinajstić information content (AvgIpc) is 2.18. The molecule has 12 nitrogen and oxygen atoms in total. The predicted octanol–water partition coefficient (Wildman–Crippen LogP) is -5.26. The minimum absolute atomic E-state index is 0.326. The van der Waals surface area contributed by atoms with E-state index in [2.05, 4.69) is 55.3 Å². The first kappa shape index (κ1) is 11.0. The van der Waals surface area contributed by atoms with Gasteiger partial charge in [0.1, 0.15) is 14.1 Å². The molecule has 88 valence electrons. The molecule has 0 bridgehead atoms. The SMILES string of the molecule is C[N+]1(C[N+]2(C)NNNNN2)NNNNN1. The molecular formula is C3H18N12+2. The molecule has 0 saturated carbocycles. The van der Waals surface area contributed by atoms with Crippen molar-refractivity contribution in [1.29, 1.82) is 0 Å². The summed E-state index contributed by atoms with van der Waals surface area (Å²) in [5.41, 5.74) is 28.4. The zero-order chi connectivity index (χ0) is 10.8. The maximum absolute atomic E-state index is 3.00. The Morgan fingerprint density at radius 3 is 1.27 bits per heavy atom. The van der Waals surface area contributed by atoms with Gasteiger partial charge in [0, 0.05) is 0 Å². The third kappa shape index (κ3) is 2.75. The van der Waals surface area contributed by atoms with Crippen LogP contribution in [0.25, 0.3) is 0 Å². The van der Waals surface area contributed by atoms with E-state index in [1.54, 1.807) is 0 Å². The smallest absolute Gasteiger partial charge is 0.158 e. The van der Waals surface area contributed by atoms with E-state index in [9.17, 15) is 0 Å². The second kappa shape index (κ2) is 4.18. The second-order valence-corrected chi connectivity index (χ2v) is 3.72. The van der Waals surface area contributed by atoms with Gasteiger partial charge in [-0.15, -0.1) is 22.1 Å². The van der Waals surface area contributed by atoms with Crippen LogP contribution in [0.2, 0.25) is 0 Å². The lowest BCUT2D eigenvalue weighted by molar-refractivity contribution is -1.17. The fraction of sp³-hybridized carbons (Fsp3) is 1.00. The molecule has 12 heteroatoms. The van der Waals surface area contributed by atoms with Crippen LogP contribution in [-0.2, 0) is 0 Å². The van der Waals surface area contributed by atoms with E-state index in [1.807, 2.05) is 14.1 Å². The van der Waals surface area contributed by atoms with Crippen LogP contribution >= 0.6 is 0 Å². The van der Waals surface area contributed by atoms with Crippen molar-refractivity contribution in [2.24, 2.45) is 0 Å². The Balaban J connectivity index is 1.93. The summed E-state index contributed by atoms with van der Waals surface area (Å²) >= 11 is 0. The largest absolute Gasteiger partial charge is 0.282 e. The molecule has 2 saturated heterocycles. The van der Waals surface area contributed by atoms with Gasteiger partial charge < -0.3 is 0 Å². The van der Waals surface area contributed by atoms with Crippen molar-refractivity contribution >= 4 is 0 Å². The molecule has 0 aromatic heterocycles. The van der Waals surface area contributed by atoms with Gasteiger partial charge >= 0.3 is 0 Å². The van der Waals surface area contributed by atoms with E-state index in [4.69, 9.17) is 0 Å². The monoisotopic (exact) mass is 222 g/mol. The molecule has 0 aromatic carbocycles. The molecule has 0 aliphatic carbocycles. The third-order valence-electron chi connectivity index (χ3n) is 2.03. The summed E-state index contributed by atoms with van der Waals surface area (Å²) in [5.74, 6) is 0. The van der Waals surface area contributed by atoms with Crippen LogP contribution in [0, 0.1) is 0 Å². The van der Waals surface area contributed by atoms with Crippen molar-refractivity contribution in [2.45, 2.75) is 0 Å². The highest BCUT2D eigenvalue weighted by atomic mass is 16.2. The molecule has 10 N–H and O–H groups in total. The molecule has 2 aliphatic rings. The van der Waals surface area contributed by atoms with Gasteiger partial charge in [0.2, 0.25) is 0 Å². The minimum atomic E-state index is 0.326. The van der Waals surface area contributed by atoms with Gasteiger partial charge in [-0.1, -0.05) is 31.5 Å². The maximum Gasteiger partial charge on any atom is 0.282 e. The topological polar surface area (TPSA) is 120 Å². The molecule has 0 unspecified atom stereocenters. The molecule has 0 radical (unpaired) electrons. The number of nitrogens with one attached hydrogen (secondary N) is 10. The zero-order valence-corrected chi connectivity index (χ0v) is 8.60. The normalized spacial score (nSPS) is 30.0. The van der Waals surface area contributed by atoms with Gasteiger partial charge in [0.25, 0.3) is 6.67 Å². The Bertz CT molecular complexity index is 181. The van der Waals surface area contributed by atoms with Gasteiger partial charge in [0.05, 0.1) is 0 Å². The molecule has 0 amide bonds. The number of quaternary nitrogens is 2. The van der Waals surface area contributed by atoms with Crippen molar-refractivity contribution in [1.82, 2.24) is 55.3 Å². The highest BCUT2D eigenvalue weighted by Crippen LogP contribution is 1.98. The highest BCUT2D eigenvalue weighted by molar-refractivity contribution is 4.21. The van der Waals surface area contributed by atoms with Crippen LogP contribution in [0.1, 0.15) is 0 Å². The molecule has 2 rings (SSSR count). The molecule has 2 fully saturated rings. The summed E-state index contributed by atoms with van der Waals surface area (Å²) in [6.07, 6.45) is 0. The van der Waals surface area contributed by atoms with Gasteiger partial charge in [0.15, 0.2) is 0 Å². The Kier molecular flexibility index (Phi) is 3.07. The van der Waals surface area contributed by atoms with Crippen molar-refractivity contribution < 1.29 is 9.40 Å². The van der Waals surface area contributed by atoms with Crippen LogP contribution in [0.5, 0.6) is 0 Å². The molecule has 2 heterocycles. The average molecular weight is 222 g/mol. The Labute approximate surface area is 86.5 Å². The van der Waals surface area contributed by atoms with E-state index >= 15 is 0 Å². The summed E-state index contributed by atoms with van der Waals surface area (Å²) in [6, 6.07) is 0. The van der Waals surface area contributed by atoms with Crippen LogP contribution in [0.3, 0.4) is 0 Å². The first-order chi connectivity index (χ1) is 7.12. The fourth-order valence-corrected chi connectivity index (χ4v) is 1.43. The number of nitrogens with zero attached hydrogens (tertiary/aromatic N) is 2. The fourth-order valence-electron chi connectivity index (χ4n) is 1.43. The molecule has 15 heavy (non-hydrogen) atoms.